The van der Waals surface area contributed by atoms with Crippen molar-refractivity contribution in [3.63, 3.8) is 0 Å². The van der Waals surface area contributed by atoms with Crippen LogP contribution in [0.2, 0.25) is 0 Å². The molecule has 7 heteroatoms. The van der Waals surface area contributed by atoms with Gasteiger partial charge in [-0.25, -0.2) is 13.8 Å². The maximum absolute atomic E-state index is 14.2. The molecule has 0 bridgehead atoms. The Bertz CT molecular complexity index is 665. The quantitative estimate of drug-likeness (QED) is 0.420. The number of imidazole rings is 1. The van der Waals surface area contributed by atoms with Crippen molar-refractivity contribution >= 4 is 28.4 Å². The number of hydrogen-bond acceptors (Lipinski definition) is 4. The van der Waals surface area contributed by atoms with Crippen LogP contribution in [0.4, 0.5) is 8.78 Å². The molecular weight excluding hydrogens is 362 g/mol. The van der Waals surface area contributed by atoms with E-state index in [1.54, 1.807) is 18.7 Å². The molecule has 0 aliphatic carbocycles. The molecule has 1 aromatic carbocycles. The predicted molar refractivity (Wildman–Crippen MR) is 102 cm³/mol. The first-order valence-corrected chi connectivity index (χ1v) is 9.63. The Morgan fingerprint density at radius 2 is 2.16 bits per heavy atom. The number of nitrogens with zero attached hydrogens (tertiary/aromatic N) is 2. The second-order valence-electron chi connectivity index (χ2n) is 5.69. The van der Waals surface area contributed by atoms with Gasteiger partial charge in [-0.2, -0.15) is 0 Å². The van der Waals surface area contributed by atoms with Crippen LogP contribution in [0.15, 0.2) is 36.9 Å². The zero-order chi connectivity index (χ0) is 18.1. The standard InChI is InChI=1S/C18H22F2N2OS2/c1-2-3-4-5-10-23-18(24)25-17(12-22-9-8-21-13-22)15-7-6-14(19)11-16(15)20/h6-9,11,13,17H,2-5,10,12H2,1H3. The Balaban J connectivity index is 2.00. The van der Waals surface area contributed by atoms with Crippen LogP contribution in [0.1, 0.15) is 43.4 Å². The summed E-state index contributed by atoms with van der Waals surface area (Å²) in [6.07, 6.45) is 9.50. The average molecular weight is 385 g/mol. The minimum Gasteiger partial charge on any atom is -0.479 e. The third-order valence-electron chi connectivity index (χ3n) is 3.70. The summed E-state index contributed by atoms with van der Waals surface area (Å²) in [6, 6.07) is 3.61. The summed E-state index contributed by atoms with van der Waals surface area (Å²) in [4.78, 5) is 4.00. The van der Waals surface area contributed by atoms with Gasteiger partial charge in [-0.1, -0.05) is 44.0 Å². The molecule has 0 aliphatic heterocycles. The number of thioether (sulfide) groups is 1. The number of aromatic nitrogens is 2. The lowest BCUT2D eigenvalue weighted by atomic mass is 10.1. The number of ether oxygens (including phenoxy) is 1. The van der Waals surface area contributed by atoms with E-state index in [1.165, 1.54) is 30.3 Å². The summed E-state index contributed by atoms with van der Waals surface area (Å²) < 4.78 is 35.2. The summed E-state index contributed by atoms with van der Waals surface area (Å²) in [5.74, 6) is -1.18. The number of hydrogen-bond donors (Lipinski definition) is 0. The molecule has 0 saturated heterocycles. The van der Waals surface area contributed by atoms with Crippen molar-refractivity contribution < 1.29 is 13.5 Å². The molecule has 0 spiro atoms. The molecule has 1 aromatic heterocycles. The molecule has 25 heavy (non-hydrogen) atoms. The third kappa shape index (κ3) is 6.74. The second kappa shape index (κ2) is 10.5. The van der Waals surface area contributed by atoms with Gasteiger partial charge >= 0.3 is 0 Å². The van der Waals surface area contributed by atoms with Crippen LogP contribution in [-0.2, 0) is 11.3 Å². The molecule has 1 atom stereocenters. The van der Waals surface area contributed by atoms with E-state index in [0.717, 1.165) is 25.3 Å². The lowest BCUT2D eigenvalue weighted by molar-refractivity contribution is 0.308. The highest BCUT2D eigenvalue weighted by atomic mass is 32.2. The van der Waals surface area contributed by atoms with Crippen molar-refractivity contribution in [1.29, 1.82) is 0 Å². The summed E-state index contributed by atoms with van der Waals surface area (Å²) in [7, 11) is 0. The van der Waals surface area contributed by atoms with Crippen LogP contribution in [-0.4, -0.2) is 20.5 Å². The summed E-state index contributed by atoms with van der Waals surface area (Å²) in [5.41, 5.74) is 0.400. The fourth-order valence-electron chi connectivity index (χ4n) is 2.38. The van der Waals surface area contributed by atoms with Gasteiger partial charge in [-0.3, -0.25) is 0 Å². The largest absolute Gasteiger partial charge is 0.479 e. The van der Waals surface area contributed by atoms with E-state index in [0.29, 0.717) is 23.1 Å². The van der Waals surface area contributed by atoms with Gasteiger partial charge in [0.1, 0.15) is 11.6 Å². The number of thiocarbonyl (C=S) groups is 1. The minimum atomic E-state index is -0.595. The van der Waals surface area contributed by atoms with Crippen molar-refractivity contribution in [1.82, 2.24) is 9.55 Å². The van der Waals surface area contributed by atoms with Crippen molar-refractivity contribution in [2.24, 2.45) is 0 Å². The number of unbranched alkanes of at least 4 members (excludes halogenated alkanes) is 3. The molecule has 0 N–H and O–H groups in total. The smallest absolute Gasteiger partial charge is 0.220 e. The van der Waals surface area contributed by atoms with Gasteiger partial charge in [0.25, 0.3) is 0 Å². The lowest BCUT2D eigenvalue weighted by Gasteiger charge is -2.19. The molecule has 3 nitrogen and oxygen atoms in total. The van der Waals surface area contributed by atoms with Gasteiger partial charge in [-0.05, 0) is 24.7 Å². The molecular formula is C18H22F2N2OS2. The zero-order valence-electron chi connectivity index (χ0n) is 14.2. The van der Waals surface area contributed by atoms with E-state index in [2.05, 4.69) is 11.9 Å². The molecule has 0 saturated carbocycles. The Morgan fingerprint density at radius 1 is 1.32 bits per heavy atom. The van der Waals surface area contributed by atoms with E-state index in [1.807, 2.05) is 4.57 Å². The van der Waals surface area contributed by atoms with Crippen LogP contribution < -0.4 is 0 Å². The highest BCUT2D eigenvalue weighted by Gasteiger charge is 2.20. The first-order chi connectivity index (χ1) is 12.1. The van der Waals surface area contributed by atoms with E-state index in [-0.39, 0.29) is 5.25 Å². The van der Waals surface area contributed by atoms with Crippen LogP contribution in [0, 0.1) is 11.6 Å². The highest BCUT2D eigenvalue weighted by Crippen LogP contribution is 2.34. The van der Waals surface area contributed by atoms with Crippen molar-refractivity contribution in [2.45, 2.75) is 44.4 Å². The Labute approximate surface area is 156 Å². The Morgan fingerprint density at radius 3 is 2.84 bits per heavy atom. The molecule has 1 heterocycles. The first kappa shape index (κ1) is 19.8. The normalized spacial score (nSPS) is 12.1. The van der Waals surface area contributed by atoms with Gasteiger partial charge in [0.05, 0.1) is 18.2 Å². The van der Waals surface area contributed by atoms with E-state index in [9.17, 15) is 8.78 Å². The maximum Gasteiger partial charge on any atom is 0.220 e. The first-order valence-electron chi connectivity index (χ1n) is 8.34. The van der Waals surface area contributed by atoms with Crippen LogP contribution in [0.5, 0.6) is 0 Å². The molecule has 0 aliphatic rings. The molecule has 136 valence electrons. The lowest BCUT2D eigenvalue weighted by Crippen LogP contribution is -2.11. The van der Waals surface area contributed by atoms with E-state index < -0.39 is 11.6 Å². The topological polar surface area (TPSA) is 27.1 Å². The van der Waals surface area contributed by atoms with Gasteiger partial charge < -0.3 is 9.30 Å². The van der Waals surface area contributed by atoms with E-state index >= 15 is 0 Å². The molecule has 2 aromatic rings. The molecule has 1 unspecified atom stereocenters. The predicted octanol–water partition coefficient (Wildman–Crippen LogP) is 5.52. The van der Waals surface area contributed by atoms with Gasteiger partial charge in [0.15, 0.2) is 0 Å². The fourth-order valence-corrected chi connectivity index (χ4v) is 3.76. The zero-order valence-corrected chi connectivity index (χ0v) is 15.8. The number of halogens is 2. The maximum atomic E-state index is 14.2. The monoisotopic (exact) mass is 384 g/mol. The molecule has 0 fully saturated rings. The molecule has 0 amide bonds. The van der Waals surface area contributed by atoms with Crippen molar-refractivity contribution in [3.05, 3.63) is 54.1 Å². The summed E-state index contributed by atoms with van der Waals surface area (Å²) >= 11 is 6.57. The van der Waals surface area contributed by atoms with E-state index in [4.69, 9.17) is 17.0 Å². The van der Waals surface area contributed by atoms with Gasteiger partial charge in [0.2, 0.25) is 4.38 Å². The second-order valence-corrected chi connectivity index (χ2v) is 7.50. The third-order valence-corrected chi connectivity index (χ3v) is 5.11. The average Bonchev–Trinajstić information content (AvgIpc) is 3.07. The fraction of sp³-hybridized carbons (Fsp3) is 0.444. The molecule has 0 radical (unpaired) electrons. The number of rotatable bonds is 9. The summed E-state index contributed by atoms with van der Waals surface area (Å²) in [5, 5.41) is -0.321. The Hall–Kier alpha value is -1.47. The van der Waals surface area contributed by atoms with Gasteiger partial charge in [0, 0.05) is 30.6 Å². The molecule has 2 rings (SSSR count). The van der Waals surface area contributed by atoms with Crippen molar-refractivity contribution in [2.75, 3.05) is 6.61 Å². The minimum absolute atomic E-state index is 0.321. The summed E-state index contributed by atoms with van der Waals surface area (Å²) in [6.45, 7) is 3.18. The highest BCUT2D eigenvalue weighted by molar-refractivity contribution is 8.22. The van der Waals surface area contributed by atoms with Crippen LogP contribution in [0.25, 0.3) is 0 Å². The van der Waals surface area contributed by atoms with Crippen molar-refractivity contribution in [3.8, 4) is 0 Å². The van der Waals surface area contributed by atoms with Crippen LogP contribution in [0.3, 0.4) is 0 Å². The SMILES string of the molecule is CCCCCCOC(=S)SC(Cn1ccnc1)c1ccc(F)cc1F. The Kier molecular flexibility index (Phi) is 8.34. The van der Waals surface area contributed by atoms with Gasteiger partial charge in [-0.15, -0.1) is 0 Å². The van der Waals surface area contributed by atoms with Crippen LogP contribution >= 0.6 is 24.0 Å². The number of benzene rings is 1.